The van der Waals surface area contributed by atoms with Crippen LogP contribution in [0.3, 0.4) is 0 Å². The van der Waals surface area contributed by atoms with Crippen LogP contribution in [0.1, 0.15) is 6.92 Å². The Labute approximate surface area is 75.0 Å². The highest BCUT2D eigenvalue weighted by Gasteiger charge is 2.27. The molecule has 68 valence electrons. The predicted octanol–water partition coefficient (Wildman–Crippen LogP) is -0.441. The molecule has 0 aromatic carbocycles. The maximum Gasteiger partial charge on any atom is 0.319 e. The van der Waals surface area contributed by atoms with Crippen LogP contribution in [0.2, 0.25) is 0 Å². The highest BCUT2D eigenvalue weighted by atomic mass is 16.5. The number of fused-ring (bicyclic) bond motifs is 1. The Morgan fingerprint density at radius 3 is 3.15 bits per heavy atom. The molecule has 0 aliphatic carbocycles. The molecule has 2 N–H and O–H groups in total. The van der Waals surface area contributed by atoms with Crippen LogP contribution in [0.25, 0.3) is 0 Å². The fourth-order valence-corrected chi connectivity index (χ4v) is 1.08. The smallest absolute Gasteiger partial charge is 0.319 e. The van der Waals surface area contributed by atoms with Crippen molar-refractivity contribution in [3.63, 3.8) is 0 Å². The lowest BCUT2D eigenvalue weighted by Crippen LogP contribution is -2.36. The van der Waals surface area contributed by atoms with E-state index in [1.54, 1.807) is 0 Å². The van der Waals surface area contributed by atoms with Crippen LogP contribution in [0.4, 0.5) is 0 Å². The summed E-state index contributed by atoms with van der Waals surface area (Å²) in [4.78, 5) is 15.9. The van der Waals surface area contributed by atoms with Gasteiger partial charge in [0.1, 0.15) is 12.2 Å². The van der Waals surface area contributed by atoms with Gasteiger partial charge in [0, 0.05) is 0 Å². The van der Waals surface area contributed by atoms with Crippen molar-refractivity contribution >= 4 is 24.0 Å². The minimum Gasteiger partial charge on any atom is -0.464 e. The van der Waals surface area contributed by atoms with Crippen LogP contribution < -0.4 is 5.73 Å². The number of ether oxygens (including phenoxy) is 1. The summed E-state index contributed by atoms with van der Waals surface area (Å²) < 4.78 is 5.11. The second-order valence-corrected chi connectivity index (χ2v) is 2.52. The van der Waals surface area contributed by atoms with E-state index in [1.807, 2.05) is 6.92 Å². The van der Waals surface area contributed by atoms with Gasteiger partial charge < -0.3 is 10.5 Å². The number of hydrogen-bond donors (Lipinski definition) is 1. The zero-order valence-electron chi connectivity index (χ0n) is 7.14. The summed E-state index contributed by atoms with van der Waals surface area (Å²) in [5.74, 6) is 0.932. The molecule has 0 fully saturated rings. The molecule has 0 saturated carbocycles. The van der Waals surface area contributed by atoms with Crippen molar-refractivity contribution in [1.29, 1.82) is 0 Å². The third kappa shape index (κ3) is 1.30. The Bertz CT molecular complexity index is 341. The summed E-state index contributed by atoms with van der Waals surface area (Å²) >= 11 is 0. The van der Waals surface area contributed by atoms with Gasteiger partial charge in [-0.25, -0.2) is 4.99 Å². The molecule has 1 unspecified atom stereocenters. The van der Waals surface area contributed by atoms with Crippen LogP contribution in [-0.4, -0.2) is 36.7 Å². The number of rotatable bonds is 1. The Morgan fingerprint density at radius 1 is 1.54 bits per heavy atom. The molecule has 6 heteroatoms. The molecule has 0 amide bonds. The van der Waals surface area contributed by atoms with Crippen molar-refractivity contribution in [3.8, 4) is 0 Å². The summed E-state index contributed by atoms with van der Waals surface area (Å²) in [5.41, 5.74) is 5.64. The van der Waals surface area contributed by atoms with Gasteiger partial charge in [-0.3, -0.25) is 4.99 Å². The molecule has 0 spiro atoms. The Balaban J connectivity index is 2.26. The number of aliphatic imine (C=N–C) groups is 4. The van der Waals surface area contributed by atoms with Gasteiger partial charge in [-0.1, -0.05) is 0 Å². The lowest BCUT2D eigenvalue weighted by molar-refractivity contribution is 0.322. The van der Waals surface area contributed by atoms with Crippen LogP contribution in [0.5, 0.6) is 0 Å². The van der Waals surface area contributed by atoms with E-state index in [-0.39, 0.29) is 12.1 Å². The van der Waals surface area contributed by atoms with Crippen LogP contribution in [0.15, 0.2) is 20.0 Å². The first-order chi connectivity index (χ1) is 6.31. The SMILES string of the molecule is CCOC1=NC2=NC=NC2C(N)=N1. The number of nitrogens with two attached hydrogens (primary N) is 1. The molecule has 13 heavy (non-hydrogen) atoms. The molecule has 0 aromatic rings. The maximum atomic E-state index is 5.64. The van der Waals surface area contributed by atoms with Gasteiger partial charge in [0.15, 0.2) is 11.9 Å². The number of amidine groups is 3. The standard InChI is InChI=1S/C7H9N5O/c1-2-13-7-11-5(8)4-6(12-7)10-3-9-4/h3-4H,2H2,1H3,(H2,8,9,10,11,12). The average molecular weight is 179 g/mol. The Hall–Kier alpha value is -1.72. The van der Waals surface area contributed by atoms with Gasteiger partial charge in [0.25, 0.3) is 0 Å². The molecular formula is C7H9N5O. The molecular weight excluding hydrogens is 170 g/mol. The molecule has 6 nitrogen and oxygen atoms in total. The topological polar surface area (TPSA) is 84.7 Å². The van der Waals surface area contributed by atoms with E-state index in [1.165, 1.54) is 6.34 Å². The van der Waals surface area contributed by atoms with Crippen LogP contribution in [-0.2, 0) is 4.74 Å². The van der Waals surface area contributed by atoms with Gasteiger partial charge in [0.05, 0.1) is 6.61 Å². The highest BCUT2D eigenvalue weighted by Crippen LogP contribution is 2.09. The van der Waals surface area contributed by atoms with Crippen molar-refractivity contribution in [2.75, 3.05) is 6.61 Å². The molecule has 2 aliphatic heterocycles. The molecule has 0 radical (unpaired) electrons. The maximum absolute atomic E-state index is 5.64. The van der Waals surface area contributed by atoms with Crippen molar-refractivity contribution < 1.29 is 4.74 Å². The lowest BCUT2D eigenvalue weighted by atomic mass is 10.2. The Kier molecular flexibility index (Phi) is 1.80. The van der Waals surface area contributed by atoms with Crippen molar-refractivity contribution in [2.24, 2.45) is 25.7 Å². The fraction of sp³-hybridized carbons (Fsp3) is 0.429. The van der Waals surface area contributed by atoms with E-state index < -0.39 is 0 Å². The summed E-state index contributed by atoms with van der Waals surface area (Å²) in [6, 6.07) is -0.0373. The second-order valence-electron chi connectivity index (χ2n) is 2.52. The van der Waals surface area contributed by atoms with Gasteiger partial charge in [-0.2, -0.15) is 9.98 Å². The predicted molar refractivity (Wildman–Crippen MR) is 50.4 cm³/mol. The van der Waals surface area contributed by atoms with Gasteiger partial charge in [-0.05, 0) is 6.92 Å². The normalized spacial score (nSPS) is 24.7. The quantitative estimate of drug-likeness (QED) is 0.591. The fourth-order valence-electron chi connectivity index (χ4n) is 1.08. The molecule has 2 aliphatic rings. The summed E-state index contributed by atoms with van der Waals surface area (Å²) in [5, 5.41) is 0. The zero-order chi connectivity index (χ0) is 9.26. The minimum absolute atomic E-state index is 0.264. The average Bonchev–Trinajstić information content (AvgIpc) is 2.53. The first kappa shape index (κ1) is 7.90. The molecule has 2 rings (SSSR count). The number of nitrogens with zero attached hydrogens (tertiary/aromatic N) is 4. The summed E-state index contributed by atoms with van der Waals surface area (Å²) in [7, 11) is 0. The third-order valence-electron chi connectivity index (χ3n) is 1.64. The number of hydrogen-bond acceptors (Lipinski definition) is 6. The highest BCUT2D eigenvalue weighted by molar-refractivity contribution is 6.21. The van der Waals surface area contributed by atoms with E-state index in [0.29, 0.717) is 18.3 Å². The lowest BCUT2D eigenvalue weighted by Gasteiger charge is -2.13. The van der Waals surface area contributed by atoms with E-state index in [2.05, 4.69) is 20.0 Å². The van der Waals surface area contributed by atoms with E-state index >= 15 is 0 Å². The summed E-state index contributed by atoms with van der Waals surface area (Å²) in [6.07, 6.45) is 1.43. The van der Waals surface area contributed by atoms with E-state index in [0.717, 1.165) is 0 Å². The second kappa shape index (κ2) is 2.96. The van der Waals surface area contributed by atoms with Gasteiger partial charge >= 0.3 is 6.02 Å². The summed E-state index contributed by atoms with van der Waals surface area (Å²) in [6.45, 7) is 2.36. The van der Waals surface area contributed by atoms with Crippen LogP contribution in [0, 0.1) is 0 Å². The molecule has 2 heterocycles. The molecule has 0 aromatic heterocycles. The third-order valence-corrected chi connectivity index (χ3v) is 1.64. The minimum atomic E-state index is -0.302. The van der Waals surface area contributed by atoms with Gasteiger partial charge in [-0.15, -0.1) is 0 Å². The molecule has 0 saturated heterocycles. The molecule has 0 bridgehead atoms. The Morgan fingerprint density at radius 2 is 2.38 bits per heavy atom. The van der Waals surface area contributed by atoms with Crippen molar-refractivity contribution in [3.05, 3.63) is 0 Å². The van der Waals surface area contributed by atoms with E-state index in [4.69, 9.17) is 10.5 Å². The van der Waals surface area contributed by atoms with Crippen molar-refractivity contribution in [1.82, 2.24) is 0 Å². The van der Waals surface area contributed by atoms with Crippen LogP contribution >= 0.6 is 0 Å². The van der Waals surface area contributed by atoms with Gasteiger partial charge in [0.2, 0.25) is 0 Å². The first-order valence-corrected chi connectivity index (χ1v) is 3.96. The first-order valence-electron chi connectivity index (χ1n) is 3.96. The van der Waals surface area contributed by atoms with Crippen molar-refractivity contribution in [2.45, 2.75) is 13.0 Å². The zero-order valence-corrected chi connectivity index (χ0v) is 7.14. The van der Waals surface area contributed by atoms with E-state index in [9.17, 15) is 0 Å². The molecule has 1 atom stereocenters. The largest absolute Gasteiger partial charge is 0.464 e. The monoisotopic (exact) mass is 179 g/mol.